The fourth-order valence-corrected chi connectivity index (χ4v) is 2.23. The van der Waals surface area contributed by atoms with Crippen LogP contribution in [0.4, 0.5) is 4.39 Å². The van der Waals surface area contributed by atoms with Gasteiger partial charge in [0.1, 0.15) is 5.82 Å². The zero-order chi connectivity index (χ0) is 13.7. The lowest BCUT2D eigenvalue weighted by atomic mass is 10.1. The van der Waals surface area contributed by atoms with Crippen LogP contribution in [0.3, 0.4) is 0 Å². The molecule has 0 aromatic heterocycles. The Morgan fingerprint density at radius 1 is 1.05 bits per heavy atom. The SMILES string of the molecule is NCc1cc(COCc2cccc(Br)c2)ccc1F. The van der Waals surface area contributed by atoms with E-state index in [4.69, 9.17) is 10.5 Å². The molecule has 0 saturated carbocycles. The monoisotopic (exact) mass is 323 g/mol. The number of benzene rings is 2. The molecule has 0 amide bonds. The van der Waals surface area contributed by atoms with Crippen LogP contribution >= 0.6 is 15.9 Å². The standard InChI is InChI=1S/C15H15BrFNO/c16-14-3-1-2-11(7-14)9-19-10-12-4-5-15(17)13(6-12)8-18/h1-7H,8-10,18H2. The molecular formula is C15H15BrFNO. The average molecular weight is 324 g/mol. The van der Waals surface area contributed by atoms with Crippen LogP contribution in [0, 0.1) is 5.82 Å². The number of hydrogen-bond acceptors (Lipinski definition) is 2. The van der Waals surface area contributed by atoms with Crippen LogP contribution in [0.25, 0.3) is 0 Å². The van der Waals surface area contributed by atoms with Crippen molar-refractivity contribution in [1.82, 2.24) is 0 Å². The molecule has 0 aliphatic carbocycles. The highest BCUT2D eigenvalue weighted by atomic mass is 79.9. The average Bonchev–Trinajstić information content (AvgIpc) is 2.41. The second-order valence-corrected chi connectivity index (χ2v) is 5.17. The van der Waals surface area contributed by atoms with E-state index in [-0.39, 0.29) is 12.4 Å². The van der Waals surface area contributed by atoms with Crippen LogP contribution in [0.5, 0.6) is 0 Å². The van der Waals surface area contributed by atoms with Gasteiger partial charge in [-0.15, -0.1) is 0 Å². The van der Waals surface area contributed by atoms with Crippen molar-refractivity contribution in [3.63, 3.8) is 0 Å². The lowest BCUT2D eigenvalue weighted by Crippen LogP contribution is -2.02. The van der Waals surface area contributed by atoms with Crippen molar-refractivity contribution < 1.29 is 9.13 Å². The van der Waals surface area contributed by atoms with Crippen molar-refractivity contribution in [3.8, 4) is 0 Å². The van der Waals surface area contributed by atoms with Gasteiger partial charge in [0.05, 0.1) is 13.2 Å². The summed E-state index contributed by atoms with van der Waals surface area (Å²) in [5.74, 6) is -0.266. The normalized spacial score (nSPS) is 10.7. The summed E-state index contributed by atoms with van der Waals surface area (Å²) in [6.07, 6.45) is 0. The van der Waals surface area contributed by atoms with Gasteiger partial charge in [-0.25, -0.2) is 4.39 Å². The molecule has 2 aromatic carbocycles. The summed E-state index contributed by atoms with van der Waals surface area (Å²) >= 11 is 3.41. The molecule has 0 aliphatic heterocycles. The van der Waals surface area contributed by atoms with Crippen molar-refractivity contribution in [2.45, 2.75) is 19.8 Å². The van der Waals surface area contributed by atoms with Gasteiger partial charge in [0.15, 0.2) is 0 Å². The highest BCUT2D eigenvalue weighted by Gasteiger charge is 2.02. The fourth-order valence-electron chi connectivity index (χ4n) is 1.79. The Bertz CT molecular complexity index is 560. The number of nitrogens with two attached hydrogens (primary N) is 1. The van der Waals surface area contributed by atoms with Gasteiger partial charge < -0.3 is 10.5 Å². The second kappa shape index (κ2) is 6.80. The molecule has 0 bridgehead atoms. The van der Waals surface area contributed by atoms with Gasteiger partial charge in [0, 0.05) is 16.6 Å². The van der Waals surface area contributed by atoms with Crippen LogP contribution in [-0.2, 0) is 24.5 Å². The predicted octanol–water partition coefficient (Wildman–Crippen LogP) is 3.76. The largest absolute Gasteiger partial charge is 0.372 e. The van der Waals surface area contributed by atoms with E-state index in [0.29, 0.717) is 18.8 Å². The Kier molecular flexibility index (Phi) is 5.07. The van der Waals surface area contributed by atoms with E-state index in [0.717, 1.165) is 15.6 Å². The van der Waals surface area contributed by atoms with Crippen molar-refractivity contribution in [2.75, 3.05) is 0 Å². The first kappa shape index (κ1) is 14.2. The van der Waals surface area contributed by atoms with E-state index in [1.165, 1.54) is 6.07 Å². The summed E-state index contributed by atoms with van der Waals surface area (Å²) in [5, 5.41) is 0. The first-order valence-electron chi connectivity index (χ1n) is 5.98. The molecule has 0 saturated heterocycles. The maximum atomic E-state index is 13.3. The van der Waals surface area contributed by atoms with E-state index in [9.17, 15) is 4.39 Å². The third kappa shape index (κ3) is 4.13. The van der Waals surface area contributed by atoms with Gasteiger partial charge in [-0.2, -0.15) is 0 Å². The zero-order valence-corrected chi connectivity index (χ0v) is 12.0. The molecule has 0 fully saturated rings. The maximum Gasteiger partial charge on any atom is 0.127 e. The molecule has 2 rings (SSSR count). The third-order valence-corrected chi connectivity index (χ3v) is 3.25. The minimum atomic E-state index is -0.266. The van der Waals surface area contributed by atoms with E-state index in [1.54, 1.807) is 12.1 Å². The maximum absolute atomic E-state index is 13.3. The van der Waals surface area contributed by atoms with Crippen LogP contribution in [0.1, 0.15) is 16.7 Å². The van der Waals surface area contributed by atoms with Crippen LogP contribution < -0.4 is 5.73 Å². The molecule has 2 aromatic rings. The van der Waals surface area contributed by atoms with Crippen LogP contribution in [-0.4, -0.2) is 0 Å². The van der Waals surface area contributed by atoms with Crippen molar-refractivity contribution >= 4 is 15.9 Å². The Hall–Kier alpha value is -1.23. The molecule has 0 spiro atoms. The van der Waals surface area contributed by atoms with E-state index < -0.39 is 0 Å². The highest BCUT2D eigenvalue weighted by Crippen LogP contribution is 2.14. The van der Waals surface area contributed by atoms with E-state index >= 15 is 0 Å². The van der Waals surface area contributed by atoms with Crippen molar-refractivity contribution in [3.05, 3.63) is 69.4 Å². The summed E-state index contributed by atoms with van der Waals surface area (Å²) in [6, 6.07) is 12.8. The Morgan fingerprint density at radius 3 is 2.47 bits per heavy atom. The molecule has 0 heterocycles. The smallest absolute Gasteiger partial charge is 0.127 e. The van der Waals surface area contributed by atoms with Crippen molar-refractivity contribution in [1.29, 1.82) is 0 Å². The Morgan fingerprint density at radius 2 is 1.79 bits per heavy atom. The molecular weight excluding hydrogens is 309 g/mol. The van der Waals surface area contributed by atoms with Gasteiger partial charge in [0.25, 0.3) is 0 Å². The van der Waals surface area contributed by atoms with E-state index in [2.05, 4.69) is 15.9 Å². The molecule has 0 atom stereocenters. The molecule has 19 heavy (non-hydrogen) atoms. The van der Waals surface area contributed by atoms with Gasteiger partial charge in [-0.1, -0.05) is 34.1 Å². The van der Waals surface area contributed by atoms with E-state index in [1.807, 2.05) is 24.3 Å². The van der Waals surface area contributed by atoms with Gasteiger partial charge >= 0.3 is 0 Å². The van der Waals surface area contributed by atoms with Crippen LogP contribution in [0.15, 0.2) is 46.9 Å². The lowest BCUT2D eigenvalue weighted by molar-refractivity contribution is 0.107. The minimum absolute atomic E-state index is 0.200. The summed E-state index contributed by atoms with van der Waals surface area (Å²) in [7, 11) is 0. The quantitative estimate of drug-likeness (QED) is 0.909. The van der Waals surface area contributed by atoms with Gasteiger partial charge in [-0.3, -0.25) is 0 Å². The predicted molar refractivity (Wildman–Crippen MR) is 76.9 cm³/mol. The topological polar surface area (TPSA) is 35.2 Å². The van der Waals surface area contributed by atoms with Gasteiger partial charge in [-0.05, 0) is 35.4 Å². The zero-order valence-electron chi connectivity index (χ0n) is 10.4. The number of rotatable bonds is 5. The first-order chi connectivity index (χ1) is 9.19. The van der Waals surface area contributed by atoms with Gasteiger partial charge in [0.2, 0.25) is 0 Å². The number of halogens is 2. The molecule has 0 radical (unpaired) electrons. The molecule has 100 valence electrons. The Balaban J connectivity index is 1.92. The van der Waals surface area contributed by atoms with Crippen molar-refractivity contribution in [2.24, 2.45) is 5.73 Å². The minimum Gasteiger partial charge on any atom is -0.372 e. The van der Waals surface area contributed by atoms with Crippen LogP contribution in [0.2, 0.25) is 0 Å². The molecule has 2 nitrogen and oxygen atoms in total. The molecule has 0 unspecified atom stereocenters. The summed E-state index contributed by atoms with van der Waals surface area (Å²) in [4.78, 5) is 0. The summed E-state index contributed by atoms with van der Waals surface area (Å²) in [6.45, 7) is 1.17. The molecule has 0 aliphatic rings. The highest BCUT2D eigenvalue weighted by molar-refractivity contribution is 9.10. The summed E-state index contributed by atoms with van der Waals surface area (Å²) in [5.41, 5.74) is 8.01. The number of ether oxygens (including phenoxy) is 1. The number of hydrogen-bond donors (Lipinski definition) is 1. The molecule has 2 N–H and O–H groups in total. The molecule has 4 heteroatoms. The second-order valence-electron chi connectivity index (χ2n) is 4.25. The first-order valence-corrected chi connectivity index (χ1v) is 6.78. The fraction of sp³-hybridized carbons (Fsp3) is 0.200. The lowest BCUT2D eigenvalue weighted by Gasteiger charge is -2.07. The third-order valence-electron chi connectivity index (χ3n) is 2.76. The Labute approximate surface area is 120 Å². The summed E-state index contributed by atoms with van der Waals surface area (Å²) < 4.78 is 19.9.